The summed E-state index contributed by atoms with van der Waals surface area (Å²) in [6.45, 7) is 0. The number of nitrogens with zero attached hydrogens (tertiary/aromatic N) is 3. The standard InChI is InChI=1S/C47H31N3O/c1-3-14-31(15-4-1)35-21-11-23-41-43-39(22-12-24-42(43)51-44(35)41)38-27-28-40(37-20-10-9-19-36(37)38)47-49-45(32-16-5-2-6-17-32)48-46(50-47)34-26-25-30-13-7-8-18-33(30)29-34/h1-26,29H,27-28H2. The topological polar surface area (TPSA) is 51.8 Å². The fraction of sp³-hybridized carbons (Fsp3) is 0.0426. The Morgan fingerprint density at radius 2 is 1.02 bits per heavy atom. The van der Waals surface area contributed by atoms with E-state index in [0.717, 1.165) is 79.0 Å². The molecule has 0 radical (unpaired) electrons. The van der Waals surface area contributed by atoms with Crippen molar-refractivity contribution < 1.29 is 4.42 Å². The normalized spacial score (nSPS) is 12.9. The van der Waals surface area contributed by atoms with E-state index in [1.165, 1.54) is 21.7 Å². The predicted molar refractivity (Wildman–Crippen MR) is 207 cm³/mol. The monoisotopic (exact) mass is 653 g/mol. The molecule has 0 atom stereocenters. The Morgan fingerprint density at radius 3 is 1.82 bits per heavy atom. The molecule has 10 rings (SSSR count). The molecule has 0 spiro atoms. The Bertz CT molecular complexity index is 2910. The number of rotatable bonds is 5. The van der Waals surface area contributed by atoms with Gasteiger partial charge in [-0.1, -0.05) is 152 Å². The predicted octanol–water partition coefficient (Wildman–Crippen LogP) is 10.1. The molecule has 4 heteroatoms. The van der Waals surface area contributed by atoms with Crippen LogP contribution in [-0.4, -0.2) is 15.0 Å². The third kappa shape index (κ3) is 5.03. The number of fused-ring (bicyclic) bond motifs is 5. The lowest BCUT2D eigenvalue weighted by molar-refractivity contribution is 0.670. The minimum Gasteiger partial charge on any atom is -0.455 e. The Morgan fingerprint density at radius 1 is 0.412 bits per heavy atom. The van der Waals surface area contributed by atoms with Gasteiger partial charge in [-0.25, -0.2) is 15.0 Å². The molecular weight excluding hydrogens is 623 g/mol. The van der Waals surface area contributed by atoms with E-state index in [1.807, 2.05) is 24.3 Å². The minimum atomic E-state index is 0.673. The molecule has 0 saturated heterocycles. The van der Waals surface area contributed by atoms with Crippen molar-refractivity contribution in [3.63, 3.8) is 0 Å². The lowest BCUT2D eigenvalue weighted by Gasteiger charge is -2.18. The number of furan rings is 1. The zero-order valence-electron chi connectivity index (χ0n) is 27.8. The lowest BCUT2D eigenvalue weighted by Crippen LogP contribution is -2.33. The molecule has 7 aromatic carbocycles. The van der Waals surface area contributed by atoms with Gasteiger partial charge in [0.05, 0.1) is 0 Å². The second-order valence-electron chi connectivity index (χ2n) is 13.1. The van der Waals surface area contributed by atoms with Gasteiger partial charge in [-0.3, -0.25) is 0 Å². The van der Waals surface area contributed by atoms with Crippen LogP contribution in [0.1, 0.15) is 24.2 Å². The fourth-order valence-corrected chi connectivity index (χ4v) is 7.67. The minimum absolute atomic E-state index is 0.673. The number of para-hydroxylation sites is 1. The molecule has 0 fully saturated rings. The van der Waals surface area contributed by atoms with E-state index in [1.54, 1.807) is 0 Å². The smallest absolute Gasteiger partial charge is 0.164 e. The summed E-state index contributed by atoms with van der Waals surface area (Å²) in [5.74, 6) is 2.07. The van der Waals surface area contributed by atoms with E-state index in [2.05, 4.69) is 140 Å². The van der Waals surface area contributed by atoms with Gasteiger partial charge in [0, 0.05) is 33.0 Å². The van der Waals surface area contributed by atoms with Crippen molar-refractivity contribution in [3.8, 4) is 33.9 Å². The van der Waals surface area contributed by atoms with Crippen LogP contribution in [0.5, 0.6) is 0 Å². The molecule has 1 aliphatic rings. The highest BCUT2D eigenvalue weighted by Gasteiger charge is 2.22. The molecular formula is C47H31N3O. The molecule has 0 saturated carbocycles. The summed E-state index contributed by atoms with van der Waals surface area (Å²) in [4.78, 5) is 15.4. The highest BCUT2D eigenvalue weighted by molar-refractivity contribution is 6.13. The summed E-state index contributed by atoms with van der Waals surface area (Å²) >= 11 is 0. The van der Waals surface area contributed by atoms with Crippen LogP contribution in [0.25, 0.3) is 77.8 Å². The van der Waals surface area contributed by atoms with E-state index in [-0.39, 0.29) is 0 Å². The van der Waals surface area contributed by atoms with Gasteiger partial charge in [-0.05, 0) is 62.9 Å². The molecule has 0 N–H and O–H groups in total. The molecule has 9 aromatic rings. The highest BCUT2D eigenvalue weighted by atomic mass is 16.3. The van der Waals surface area contributed by atoms with Crippen LogP contribution in [0.15, 0.2) is 168 Å². The first kappa shape index (κ1) is 29.3. The molecule has 1 aliphatic carbocycles. The molecule has 240 valence electrons. The van der Waals surface area contributed by atoms with Crippen LogP contribution in [0.4, 0.5) is 0 Å². The number of benzene rings is 7. The molecule has 0 aliphatic heterocycles. The van der Waals surface area contributed by atoms with Crippen molar-refractivity contribution in [3.05, 3.63) is 186 Å². The zero-order valence-corrected chi connectivity index (χ0v) is 27.8. The van der Waals surface area contributed by atoms with Crippen LogP contribution in [0, 0.1) is 0 Å². The van der Waals surface area contributed by atoms with Crippen molar-refractivity contribution in [1.29, 1.82) is 0 Å². The molecule has 2 heterocycles. The van der Waals surface area contributed by atoms with E-state index >= 15 is 0 Å². The van der Waals surface area contributed by atoms with E-state index < -0.39 is 0 Å². The SMILES string of the molecule is c1ccc(-c2nc(C3=c4ccccc4=C(c4cccc5oc6c(-c7ccccc7)cccc6c45)CC3)nc(-c3ccc4ccccc4c3)n2)cc1. The lowest BCUT2D eigenvalue weighted by atomic mass is 9.87. The molecule has 0 bridgehead atoms. The largest absolute Gasteiger partial charge is 0.455 e. The average Bonchev–Trinajstić information content (AvgIpc) is 3.60. The maximum Gasteiger partial charge on any atom is 0.164 e. The maximum atomic E-state index is 6.64. The van der Waals surface area contributed by atoms with Crippen LogP contribution >= 0.6 is 0 Å². The number of hydrogen-bond donors (Lipinski definition) is 0. The van der Waals surface area contributed by atoms with Gasteiger partial charge in [-0.2, -0.15) is 0 Å². The van der Waals surface area contributed by atoms with Crippen molar-refractivity contribution in [1.82, 2.24) is 15.0 Å². The quantitative estimate of drug-likeness (QED) is 0.186. The maximum absolute atomic E-state index is 6.64. The molecule has 0 unspecified atom stereocenters. The van der Waals surface area contributed by atoms with Gasteiger partial charge in [-0.15, -0.1) is 0 Å². The Balaban J connectivity index is 1.20. The highest BCUT2D eigenvalue weighted by Crippen LogP contribution is 2.40. The summed E-state index contributed by atoms with van der Waals surface area (Å²) in [5, 5.41) is 6.99. The van der Waals surface area contributed by atoms with E-state index in [0.29, 0.717) is 11.6 Å². The number of aromatic nitrogens is 3. The van der Waals surface area contributed by atoms with Crippen molar-refractivity contribution in [2.45, 2.75) is 12.8 Å². The molecule has 51 heavy (non-hydrogen) atoms. The van der Waals surface area contributed by atoms with E-state index in [4.69, 9.17) is 19.4 Å². The Kier molecular flexibility index (Phi) is 6.91. The third-order valence-electron chi connectivity index (χ3n) is 10.1. The second kappa shape index (κ2) is 12.0. The van der Waals surface area contributed by atoms with Gasteiger partial charge in [0.25, 0.3) is 0 Å². The fourth-order valence-electron chi connectivity index (χ4n) is 7.67. The van der Waals surface area contributed by atoms with Gasteiger partial charge in [0.15, 0.2) is 17.5 Å². The zero-order chi connectivity index (χ0) is 33.7. The van der Waals surface area contributed by atoms with Gasteiger partial charge in [0.1, 0.15) is 11.2 Å². The first-order chi connectivity index (χ1) is 25.3. The van der Waals surface area contributed by atoms with Gasteiger partial charge < -0.3 is 4.42 Å². The second-order valence-corrected chi connectivity index (χ2v) is 13.1. The first-order valence-corrected chi connectivity index (χ1v) is 17.4. The van der Waals surface area contributed by atoms with Crippen LogP contribution < -0.4 is 10.4 Å². The van der Waals surface area contributed by atoms with Gasteiger partial charge in [0.2, 0.25) is 0 Å². The Labute approximate surface area is 294 Å². The van der Waals surface area contributed by atoms with Crippen molar-refractivity contribution in [2.24, 2.45) is 0 Å². The van der Waals surface area contributed by atoms with Gasteiger partial charge >= 0.3 is 0 Å². The third-order valence-corrected chi connectivity index (χ3v) is 10.1. The number of hydrogen-bond acceptors (Lipinski definition) is 4. The van der Waals surface area contributed by atoms with Crippen LogP contribution in [0.3, 0.4) is 0 Å². The summed E-state index contributed by atoms with van der Waals surface area (Å²) < 4.78 is 6.64. The van der Waals surface area contributed by atoms with Crippen molar-refractivity contribution in [2.75, 3.05) is 0 Å². The Hall–Kier alpha value is -6.65. The molecule has 2 aromatic heterocycles. The van der Waals surface area contributed by atoms with Crippen molar-refractivity contribution >= 4 is 43.9 Å². The molecule has 4 nitrogen and oxygen atoms in total. The van der Waals surface area contributed by atoms with Crippen LogP contribution in [0.2, 0.25) is 0 Å². The summed E-state index contributed by atoms with van der Waals surface area (Å²) in [7, 11) is 0. The average molecular weight is 654 g/mol. The van der Waals surface area contributed by atoms with Crippen LogP contribution in [-0.2, 0) is 0 Å². The van der Waals surface area contributed by atoms with E-state index in [9.17, 15) is 0 Å². The molecule has 0 amide bonds. The first-order valence-electron chi connectivity index (χ1n) is 17.4. The summed E-state index contributed by atoms with van der Waals surface area (Å²) in [6, 6.07) is 57.1. The summed E-state index contributed by atoms with van der Waals surface area (Å²) in [5.41, 5.74) is 9.65. The summed E-state index contributed by atoms with van der Waals surface area (Å²) in [6.07, 6.45) is 1.64.